The van der Waals surface area contributed by atoms with Gasteiger partial charge in [0.15, 0.2) is 5.78 Å². The van der Waals surface area contributed by atoms with Crippen molar-refractivity contribution in [1.29, 1.82) is 0 Å². The van der Waals surface area contributed by atoms with Crippen LogP contribution >= 0.6 is 0 Å². The molecule has 0 aliphatic carbocycles. The van der Waals surface area contributed by atoms with E-state index in [1.54, 1.807) is 0 Å². The van der Waals surface area contributed by atoms with Crippen molar-refractivity contribution in [1.82, 2.24) is 9.80 Å². The maximum atomic E-state index is 13.3. The highest BCUT2D eigenvalue weighted by atomic mass is 16.5. The summed E-state index contributed by atoms with van der Waals surface area (Å²) < 4.78 is 5.70. The summed E-state index contributed by atoms with van der Waals surface area (Å²) in [6, 6.07) is 19.9. The van der Waals surface area contributed by atoms with E-state index >= 15 is 0 Å². The van der Waals surface area contributed by atoms with Gasteiger partial charge >= 0.3 is 6.03 Å². The summed E-state index contributed by atoms with van der Waals surface area (Å²) in [7, 11) is 0. The molecule has 3 fully saturated rings. The number of amides is 2. The first kappa shape index (κ1) is 22.1. The molecule has 0 N–H and O–H groups in total. The molecular weight excluding hydrogens is 412 g/mol. The second kappa shape index (κ2) is 9.68. The summed E-state index contributed by atoms with van der Waals surface area (Å²) in [6.07, 6.45) is 3.52. The summed E-state index contributed by atoms with van der Waals surface area (Å²) in [5.74, 6) is 1.18. The SMILES string of the molecule is Cc1ccc([C@@H](c2ccccc2)C2CCN(C(=O)N3CC[C@@H]4OCC(=O)C[C@@H]4C3)CC2)cc1. The standard InChI is InChI=1S/C28H34N2O3/c1-20-7-9-22(10-8-20)27(21-5-3-2-4-6-21)23-11-14-29(15-12-23)28(32)30-16-13-26-24(18-30)17-25(31)19-33-26/h2-10,23-24,26-27H,11-19H2,1H3/t24-,26+,27-/m1/s1. The summed E-state index contributed by atoms with van der Waals surface area (Å²) in [6.45, 7) is 5.32. The van der Waals surface area contributed by atoms with Gasteiger partial charge in [0.2, 0.25) is 0 Å². The summed E-state index contributed by atoms with van der Waals surface area (Å²) in [4.78, 5) is 29.1. The van der Waals surface area contributed by atoms with Crippen molar-refractivity contribution >= 4 is 11.8 Å². The van der Waals surface area contributed by atoms with Crippen molar-refractivity contribution in [3.8, 4) is 0 Å². The molecule has 2 amide bonds. The summed E-state index contributed by atoms with van der Waals surface area (Å²) in [5.41, 5.74) is 4.00. The summed E-state index contributed by atoms with van der Waals surface area (Å²) >= 11 is 0. The van der Waals surface area contributed by atoms with Gasteiger partial charge in [-0.15, -0.1) is 0 Å². The Morgan fingerprint density at radius 3 is 2.30 bits per heavy atom. The number of carbonyl (C=O) groups is 2. The predicted molar refractivity (Wildman–Crippen MR) is 128 cm³/mol. The Morgan fingerprint density at radius 1 is 0.909 bits per heavy atom. The molecule has 5 nitrogen and oxygen atoms in total. The molecule has 5 heteroatoms. The zero-order chi connectivity index (χ0) is 22.8. The van der Waals surface area contributed by atoms with Gasteiger partial charge in [0, 0.05) is 44.4 Å². The largest absolute Gasteiger partial charge is 0.370 e. The number of Topliss-reactive ketones (excluding diaryl/α,β-unsaturated/α-hetero) is 1. The van der Waals surface area contributed by atoms with Crippen LogP contribution in [0.2, 0.25) is 0 Å². The van der Waals surface area contributed by atoms with Crippen molar-refractivity contribution in [3.63, 3.8) is 0 Å². The third-order valence-corrected chi connectivity index (χ3v) is 7.76. The van der Waals surface area contributed by atoms with Crippen molar-refractivity contribution in [3.05, 3.63) is 71.3 Å². The van der Waals surface area contributed by atoms with E-state index in [1.807, 2.05) is 9.80 Å². The van der Waals surface area contributed by atoms with Gasteiger partial charge in [0.1, 0.15) is 6.61 Å². The third-order valence-electron chi connectivity index (χ3n) is 7.76. The van der Waals surface area contributed by atoms with E-state index < -0.39 is 0 Å². The van der Waals surface area contributed by atoms with Gasteiger partial charge in [-0.25, -0.2) is 4.79 Å². The van der Waals surface area contributed by atoms with Gasteiger partial charge in [-0.2, -0.15) is 0 Å². The number of aryl methyl sites for hydroxylation is 1. The first-order valence-electron chi connectivity index (χ1n) is 12.4. The molecule has 0 spiro atoms. The van der Waals surface area contributed by atoms with Crippen molar-refractivity contribution in [2.45, 2.75) is 44.6 Å². The Kier molecular flexibility index (Phi) is 6.50. The molecular formula is C28H34N2O3. The smallest absolute Gasteiger partial charge is 0.320 e. The molecule has 0 aromatic heterocycles. The van der Waals surface area contributed by atoms with Gasteiger partial charge in [-0.3, -0.25) is 4.79 Å². The molecule has 33 heavy (non-hydrogen) atoms. The van der Waals surface area contributed by atoms with E-state index in [9.17, 15) is 9.59 Å². The molecule has 0 bridgehead atoms. The number of ketones is 1. The highest BCUT2D eigenvalue weighted by molar-refractivity contribution is 5.81. The number of hydrogen-bond donors (Lipinski definition) is 0. The fourth-order valence-electron chi connectivity index (χ4n) is 5.95. The molecule has 3 aliphatic rings. The zero-order valence-corrected chi connectivity index (χ0v) is 19.5. The zero-order valence-electron chi connectivity index (χ0n) is 19.5. The number of urea groups is 1. The van der Waals surface area contributed by atoms with Crippen LogP contribution in [0.15, 0.2) is 54.6 Å². The molecule has 3 aliphatic heterocycles. The van der Waals surface area contributed by atoms with E-state index in [0.717, 1.165) is 38.9 Å². The number of piperidine rings is 2. The van der Waals surface area contributed by atoms with Crippen LogP contribution in [0.5, 0.6) is 0 Å². The molecule has 2 aromatic carbocycles. The number of hydrogen-bond acceptors (Lipinski definition) is 3. The molecule has 2 aromatic rings. The summed E-state index contributed by atoms with van der Waals surface area (Å²) in [5, 5.41) is 0. The first-order valence-corrected chi connectivity index (χ1v) is 12.4. The predicted octanol–water partition coefficient (Wildman–Crippen LogP) is 4.64. The van der Waals surface area contributed by atoms with Gasteiger partial charge in [-0.1, -0.05) is 60.2 Å². The van der Waals surface area contributed by atoms with Crippen LogP contribution in [0, 0.1) is 18.8 Å². The fourth-order valence-corrected chi connectivity index (χ4v) is 5.95. The maximum absolute atomic E-state index is 13.3. The lowest BCUT2D eigenvalue weighted by molar-refractivity contribution is -0.140. The maximum Gasteiger partial charge on any atom is 0.320 e. The molecule has 0 unspecified atom stereocenters. The Balaban J connectivity index is 1.25. The molecule has 5 rings (SSSR count). The molecule has 3 atom stereocenters. The molecule has 3 saturated heterocycles. The van der Waals surface area contributed by atoms with Crippen LogP contribution in [-0.2, 0) is 9.53 Å². The average molecular weight is 447 g/mol. The van der Waals surface area contributed by atoms with Crippen molar-refractivity contribution in [2.75, 3.05) is 32.8 Å². The number of ether oxygens (including phenoxy) is 1. The van der Waals surface area contributed by atoms with E-state index in [0.29, 0.717) is 24.8 Å². The van der Waals surface area contributed by atoms with Crippen LogP contribution < -0.4 is 0 Å². The number of benzene rings is 2. The van der Waals surface area contributed by atoms with Crippen molar-refractivity contribution in [2.24, 2.45) is 11.8 Å². The van der Waals surface area contributed by atoms with E-state index in [-0.39, 0.29) is 30.4 Å². The molecule has 174 valence electrons. The lowest BCUT2D eigenvalue weighted by atomic mass is 9.76. The van der Waals surface area contributed by atoms with E-state index in [1.165, 1.54) is 16.7 Å². The van der Waals surface area contributed by atoms with Gasteiger partial charge in [0.25, 0.3) is 0 Å². The second-order valence-corrected chi connectivity index (χ2v) is 9.99. The molecule has 0 saturated carbocycles. The Morgan fingerprint density at radius 2 is 1.58 bits per heavy atom. The van der Waals surface area contributed by atoms with Crippen molar-refractivity contribution < 1.29 is 14.3 Å². The number of carbonyl (C=O) groups excluding carboxylic acids is 2. The van der Waals surface area contributed by atoms with Crippen LogP contribution in [0.1, 0.15) is 48.3 Å². The monoisotopic (exact) mass is 446 g/mol. The Labute approximate surface area is 196 Å². The number of fused-ring (bicyclic) bond motifs is 1. The number of nitrogens with zero attached hydrogens (tertiary/aromatic N) is 2. The minimum absolute atomic E-state index is 0.136. The number of likely N-dealkylation sites (tertiary alicyclic amines) is 2. The fraction of sp³-hybridized carbons (Fsp3) is 0.500. The molecule has 0 radical (unpaired) electrons. The van der Waals surface area contributed by atoms with E-state index in [4.69, 9.17) is 4.74 Å². The van der Waals surface area contributed by atoms with E-state index in [2.05, 4.69) is 61.5 Å². The quantitative estimate of drug-likeness (QED) is 0.690. The normalized spacial score (nSPS) is 24.9. The number of rotatable bonds is 3. The van der Waals surface area contributed by atoms with Crippen LogP contribution in [0.25, 0.3) is 0 Å². The molecule has 3 heterocycles. The first-order chi connectivity index (χ1) is 16.1. The third kappa shape index (κ3) is 4.84. The lowest BCUT2D eigenvalue weighted by Crippen LogP contribution is -2.54. The lowest BCUT2D eigenvalue weighted by Gasteiger charge is -2.43. The average Bonchev–Trinajstić information content (AvgIpc) is 2.85. The van der Waals surface area contributed by atoms with Crippen LogP contribution in [-0.4, -0.2) is 60.5 Å². The minimum Gasteiger partial charge on any atom is -0.370 e. The highest BCUT2D eigenvalue weighted by Gasteiger charge is 2.38. The second-order valence-electron chi connectivity index (χ2n) is 9.99. The Hall–Kier alpha value is -2.66. The van der Waals surface area contributed by atoms with Gasteiger partial charge in [0.05, 0.1) is 6.10 Å². The van der Waals surface area contributed by atoms with Gasteiger partial charge < -0.3 is 14.5 Å². The topological polar surface area (TPSA) is 49.9 Å². The highest BCUT2D eigenvalue weighted by Crippen LogP contribution is 2.38. The van der Waals surface area contributed by atoms with Gasteiger partial charge in [-0.05, 0) is 43.2 Å². The minimum atomic E-state index is 0.136. The Bertz CT molecular complexity index is 966. The van der Waals surface area contributed by atoms with Crippen LogP contribution in [0.3, 0.4) is 0 Å². The van der Waals surface area contributed by atoms with Crippen LogP contribution in [0.4, 0.5) is 4.79 Å².